The molecule has 138 valence electrons. The molecule has 0 radical (unpaired) electrons. The Hall–Kier alpha value is -3.26. The maximum Gasteiger partial charge on any atom is 0.259 e. The normalized spacial score (nSPS) is 18.0. The van der Waals surface area contributed by atoms with Gasteiger partial charge in [0.1, 0.15) is 0 Å². The van der Waals surface area contributed by atoms with E-state index in [1.165, 1.54) is 4.90 Å². The van der Waals surface area contributed by atoms with Crippen LogP contribution in [0.3, 0.4) is 0 Å². The molecule has 2 aromatic rings. The summed E-state index contributed by atoms with van der Waals surface area (Å²) in [5, 5.41) is 10.3. The van der Waals surface area contributed by atoms with Crippen LogP contribution in [-0.2, 0) is 5.54 Å². The molecule has 1 atom stereocenters. The summed E-state index contributed by atoms with van der Waals surface area (Å²) in [4.78, 5) is 14.8. The van der Waals surface area contributed by atoms with Gasteiger partial charge >= 0.3 is 0 Å². The standard InChI is InChI=1S/C22H22N2O3/c1-15(2)22(14-23)18-13-20(27-4)19(26-3)12-17(18)10-11-24(22)21(25)16-8-6-5-7-9-16/h5-13,15H,1-4H3. The first-order valence-electron chi connectivity index (χ1n) is 8.74. The molecule has 0 bridgehead atoms. The second kappa shape index (κ2) is 7.16. The van der Waals surface area contributed by atoms with E-state index in [9.17, 15) is 10.1 Å². The monoisotopic (exact) mass is 362 g/mol. The first-order valence-corrected chi connectivity index (χ1v) is 8.74. The predicted molar refractivity (Wildman–Crippen MR) is 103 cm³/mol. The van der Waals surface area contributed by atoms with E-state index in [2.05, 4.69) is 6.07 Å². The number of amides is 1. The summed E-state index contributed by atoms with van der Waals surface area (Å²) in [6.45, 7) is 3.88. The number of benzene rings is 2. The largest absolute Gasteiger partial charge is 0.493 e. The van der Waals surface area contributed by atoms with Crippen molar-refractivity contribution in [3.05, 3.63) is 65.4 Å². The predicted octanol–water partition coefficient (Wildman–Crippen LogP) is 4.21. The number of nitriles is 1. The lowest BCUT2D eigenvalue weighted by molar-refractivity contribution is 0.0624. The summed E-state index contributed by atoms with van der Waals surface area (Å²) in [6.07, 6.45) is 3.52. The lowest BCUT2D eigenvalue weighted by Gasteiger charge is -2.43. The van der Waals surface area contributed by atoms with E-state index < -0.39 is 5.54 Å². The molecule has 0 aromatic heterocycles. The molecule has 0 spiro atoms. The van der Waals surface area contributed by atoms with E-state index in [0.29, 0.717) is 17.1 Å². The zero-order valence-corrected chi connectivity index (χ0v) is 15.9. The topological polar surface area (TPSA) is 62.6 Å². The summed E-state index contributed by atoms with van der Waals surface area (Å²) in [5.41, 5.74) is 0.937. The number of carbonyl (C=O) groups is 1. The third-order valence-electron chi connectivity index (χ3n) is 5.00. The molecule has 0 aliphatic carbocycles. The van der Waals surface area contributed by atoms with Gasteiger partial charge in [0, 0.05) is 17.3 Å². The maximum atomic E-state index is 13.2. The molecule has 1 unspecified atom stereocenters. The zero-order chi connectivity index (χ0) is 19.6. The Bertz CT molecular complexity index is 929. The average molecular weight is 362 g/mol. The Morgan fingerprint density at radius 3 is 2.30 bits per heavy atom. The minimum atomic E-state index is -1.16. The molecule has 0 N–H and O–H groups in total. The highest BCUT2D eigenvalue weighted by Gasteiger charge is 2.47. The van der Waals surface area contributed by atoms with Crippen molar-refractivity contribution in [2.24, 2.45) is 5.92 Å². The van der Waals surface area contributed by atoms with Gasteiger partial charge in [-0.2, -0.15) is 5.26 Å². The quantitative estimate of drug-likeness (QED) is 0.817. The van der Waals surface area contributed by atoms with Crippen molar-refractivity contribution in [1.82, 2.24) is 4.90 Å². The van der Waals surface area contributed by atoms with E-state index in [1.54, 1.807) is 38.6 Å². The zero-order valence-electron chi connectivity index (χ0n) is 15.9. The summed E-state index contributed by atoms with van der Waals surface area (Å²) < 4.78 is 10.8. The van der Waals surface area contributed by atoms with E-state index in [0.717, 1.165) is 11.1 Å². The molecule has 5 heteroatoms. The Morgan fingerprint density at radius 2 is 1.74 bits per heavy atom. The minimum absolute atomic E-state index is 0.156. The minimum Gasteiger partial charge on any atom is -0.493 e. The van der Waals surface area contributed by atoms with Gasteiger partial charge in [-0.05, 0) is 41.8 Å². The number of carbonyl (C=O) groups excluding carboxylic acids is 1. The van der Waals surface area contributed by atoms with Crippen LogP contribution in [0.5, 0.6) is 11.5 Å². The molecule has 1 heterocycles. The number of fused-ring (bicyclic) bond motifs is 1. The molecule has 1 amide bonds. The van der Waals surface area contributed by atoms with Crippen LogP contribution in [0.15, 0.2) is 48.7 Å². The molecular weight excluding hydrogens is 340 g/mol. The highest BCUT2D eigenvalue weighted by Crippen LogP contribution is 2.45. The number of hydrogen-bond acceptors (Lipinski definition) is 4. The number of methoxy groups -OCH3 is 2. The Kier molecular flexibility index (Phi) is 4.91. The number of rotatable bonds is 4. The van der Waals surface area contributed by atoms with Crippen LogP contribution in [0.4, 0.5) is 0 Å². The van der Waals surface area contributed by atoms with Gasteiger partial charge in [-0.1, -0.05) is 32.0 Å². The fourth-order valence-electron chi connectivity index (χ4n) is 3.54. The second-order valence-corrected chi connectivity index (χ2v) is 6.68. The first kappa shape index (κ1) is 18.5. The SMILES string of the molecule is COc1cc2c(cc1OC)C(C#N)(C(C)C)N(C(=O)c1ccccc1)C=C2. The van der Waals surface area contributed by atoms with E-state index >= 15 is 0 Å². The molecule has 27 heavy (non-hydrogen) atoms. The maximum absolute atomic E-state index is 13.2. The Morgan fingerprint density at radius 1 is 1.11 bits per heavy atom. The van der Waals surface area contributed by atoms with Crippen molar-refractivity contribution in [2.75, 3.05) is 14.2 Å². The van der Waals surface area contributed by atoms with Crippen LogP contribution >= 0.6 is 0 Å². The molecule has 5 nitrogen and oxygen atoms in total. The lowest BCUT2D eigenvalue weighted by atomic mass is 9.75. The molecule has 0 saturated heterocycles. The van der Waals surface area contributed by atoms with Gasteiger partial charge in [0.05, 0.1) is 20.3 Å². The van der Waals surface area contributed by atoms with Crippen molar-refractivity contribution in [3.8, 4) is 17.6 Å². The van der Waals surface area contributed by atoms with Gasteiger partial charge in [0.15, 0.2) is 17.0 Å². The molecule has 0 fully saturated rings. The third-order valence-corrected chi connectivity index (χ3v) is 5.00. The van der Waals surface area contributed by atoms with Crippen LogP contribution in [0, 0.1) is 17.2 Å². The number of ether oxygens (including phenoxy) is 2. The number of hydrogen-bond donors (Lipinski definition) is 0. The Labute approximate surface area is 159 Å². The van der Waals surface area contributed by atoms with Crippen molar-refractivity contribution in [3.63, 3.8) is 0 Å². The van der Waals surface area contributed by atoms with Crippen LogP contribution in [0.2, 0.25) is 0 Å². The third kappa shape index (κ3) is 2.83. The van der Waals surface area contributed by atoms with Crippen LogP contribution < -0.4 is 9.47 Å². The summed E-state index contributed by atoms with van der Waals surface area (Å²) in [6, 6.07) is 15.0. The van der Waals surface area contributed by atoms with E-state index in [-0.39, 0.29) is 11.8 Å². The fraction of sp³-hybridized carbons (Fsp3) is 0.273. The summed E-state index contributed by atoms with van der Waals surface area (Å²) in [7, 11) is 3.13. The smallest absolute Gasteiger partial charge is 0.259 e. The van der Waals surface area contributed by atoms with Crippen molar-refractivity contribution < 1.29 is 14.3 Å². The first-order chi connectivity index (χ1) is 13.0. The fourth-order valence-corrected chi connectivity index (χ4v) is 3.54. The van der Waals surface area contributed by atoms with Gasteiger partial charge in [-0.15, -0.1) is 0 Å². The van der Waals surface area contributed by atoms with Gasteiger partial charge in [-0.3, -0.25) is 9.69 Å². The van der Waals surface area contributed by atoms with Crippen molar-refractivity contribution >= 4 is 12.0 Å². The van der Waals surface area contributed by atoms with Gasteiger partial charge in [0.2, 0.25) is 0 Å². The molecular formula is C22H22N2O3. The molecule has 1 aliphatic heterocycles. The van der Waals surface area contributed by atoms with Gasteiger partial charge in [-0.25, -0.2) is 0 Å². The molecule has 1 aliphatic rings. The van der Waals surface area contributed by atoms with Gasteiger partial charge < -0.3 is 9.47 Å². The highest BCUT2D eigenvalue weighted by atomic mass is 16.5. The van der Waals surface area contributed by atoms with E-state index in [4.69, 9.17) is 9.47 Å². The molecule has 0 saturated carbocycles. The molecule has 3 rings (SSSR count). The summed E-state index contributed by atoms with van der Waals surface area (Å²) in [5.74, 6) is 0.734. The average Bonchev–Trinajstić information content (AvgIpc) is 2.71. The van der Waals surface area contributed by atoms with E-state index in [1.807, 2.05) is 44.2 Å². The van der Waals surface area contributed by atoms with Crippen molar-refractivity contribution in [1.29, 1.82) is 5.26 Å². The lowest BCUT2D eigenvalue weighted by Crippen LogP contribution is -2.50. The number of nitrogens with zero attached hydrogens (tertiary/aromatic N) is 2. The Balaban J connectivity index is 2.23. The highest BCUT2D eigenvalue weighted by molar-refractivity contribution is 5.97. The summed E-state index contributed by atoms with van der Waals surface area (Å²) >= 11 is 0. The van der Waals surface area contributed by atoms with Crippen molar-refractivity contribution in [2.45, 2.75) is 19.4 Å². The van der Waals surface area contributed by atoms with Crippen LogP contribution in [0.1, 0.15) is 35.3 Å². The van der Waals surface area contributed by atoms with Gasteiger partial charge in [0.25, 0.3) is 5.91 Å². The van der Waals surface area contributed by atoms with Crippen LogP contribution in [-0.4, -0.2) is 25.0 Å². The molecule has 2 aromatic carbocycles. The van der Waals surface area contributed by atoms with Crippen LogP contribution in [0.25, 0.3) is 6.08 Å². The second-order valence-electron chi connectivity index (χ2n) is 6.68.